The summed E-state index contributed by atoms with van der Waals surface area (Å²) in [5.74, 6) is 0.296. The molecule has 112 valence electrons. The van der Waals surface area contributed by atoms with E-state index in [9.17, 15) is 0 Å². The highest BCUT2D eigenvalue weighted by molar-refractivity contribution is 9.09. The molecule has 0 amide bonds. The number of hydrogen-bond acceptors (Lipinski definition) is 2. The first-order valence-corrected chi connectivity index (χ1v) is 8.63. The molecule has 0 N–H and O–H groups in total. The fourth-order valence-corrected chi connectivity index (χ4v) is 3.77. The lowest BCUT2D eigenvalue weighted by atomic mass is 9.88. The van der Waals surface area contributed by atoms with E-state index in [1.165, 1.54) is 16.3 Å². The van der Waals surface area contributed by atoms with Gasteiger partial charge in [0.15, 0.2) is 0 Å². The maximum absolute atomic E-state index is 6.20. The van der Waals surface area contributed by atoms with E-state index in [1.807, 2.05) is 0 Å². The molecule has 21 heavy (non-hydrogen) atoms. The van der Waals surface area contributed by atoms with Crippen LogP contribution in [0.15, 0.2) is 42.5 Å². The predicted octanol–water partition coefficient (Wildman–Crippen LogP) is 4.51. The van der Waals surface area contributed by atoms with Crippen LogP contribution >= 0.6 is 15.9 Å². The summed E-state index contributed by atoms with van der Waals surface area (Å²) in [6.45, 7) is 0.702. The van der Waals surface area contributed by atoms with Gasteiger partial charge in [0.1, 0.15) is 0 Å². The number of rotatable bonds is 5. The van der Waals surface area contributed by atoms with E-state index in [1.54, 1.807) is 7.11 Å². The molecule has 1 aliphatic heterocycles. The minimum atomic E-state index is 0.248. The van der Waals surface area contributed by atoms with Gasteiger partial charge in [0.05, 0.1) is 18.8 Å². The molecule has 3 unspecified atom stereocenters. The fourth-order valence-electron chi connectivity index (χ4n) is 3.29. The Kier molecular flexibility index (Phi) is 4.94. The van der Waals surface area contributed by atoms with Crippen molar-refractivity contribution in [3.05, 3.63) is 48.0 Å². The van der Waals surface area contributed by atoms with Crippen LogP contribution in [-0.2, 0) is 9.47 Å². The molecular formula is C18H21BrO2. The van der Waals surface area contributed by atoms with Crippen molar-refractivity contribution in [2.75, 3.05) is 19.0 Å². The van der Waals surface area contributed by atoms with Crippen molar-refractivity contribution < 1.29 is 9.47 Å². The monoisotopic (exact) mass is 348 g/mol. The van der Waals surface area contributed by atoms with Gasteiger partial charge >= 0.3 is 0 Å². The first-order valence-electron chi connectivity index (χ1n) is 7.51. The van der Waals surface area contributed by atoms with Gasteiger partial charge in [0, 0.05) is 18.4 Å². The zero-order chi connectivity index (χ0) is 14.7. The van der Waals surface area contributed by atoms with E-state index in [4.69, 9.17) is 9.47 Å². The SMILES string of the molecule is COCC(c1cccc2ccccc12)C1CCC(CBr)O1. The lowest BCUT2D eigenvalue weighted by Gasteiger charge is -2.25. The molecule has 1 saturated heterocycles. The molecule has 1 fully saturated rings. The molecule has 0 aromatic heterocycles. The Morgan fingerprint density at radius 1 is 1.19 bits per heavy atom. The molecule has 3 rings (SSSR count). The van der Waals surface area contributed by atoms with Crippen LogP contribution in [0.4, 0.5) is 0 Å². The third-order valence-corrected chi connectivity index (χ3v) is 5.05. The zero-order valence-corrected chi connectivity index (χ0v) is 13.9. The number of hydrogen-bond donors (Lipinski definition) is 0. The molecule has 0 aliphatic carbocycles. The van der Waals surface area contributed by atoms with Gasteiger partial charge < -0.3 is 9.47 Å². The smallest absolute Gasteiger partial charge is 0.0676 e. The summed E-state index contributed by atoms with van der Waals surface area (Å²) < 4.78 is 11.7. The summed E-state index contributed by atoms with van der Waals surface area (Å²) in [5, 5.41) is 3.51. The van der Waals surface area contributed by atoms with Crippen LogP contribution in [0.1, 0.15) is 24.3 Å². The largest absolute Gasteiger partial charge is 0.384 e. The summed E-state index contributed by atoms with van der Waals surface area (Å²) in [6, 6.07) is 15.1. The van der Waals surface area contributed by atoms with Gasteiger partial charge in [-0.1, -0.05) is 58.4 Å². The Labute approximate surface area is 134 Å². The normalized spacial score (nSPS) is 23.5. The lowest BCUT2D eigenvalue weighted by molar-refractivity contribution is 0.0212. The van der Waals surface area contributed by atoms with Crippen molar-refractivity contribution in [3.8, 4) is 0 Å². The van der Waals surface area contributed by atoms with Crippen LogP contribution in [0.3, 0.4) is 0 Å². The van der Waals surface area contributed by atoms with Gasteiger partial charge in [-0.05, 0) is 29.2 Å². The van der Waals surface area contributed by atoms with Crippen molar-refractivity contribution in [1.82, 2.24) is 0 Å². The van der Waals surface area contributed by atoms with Crippen LogP contribution in [-0.4, -0.2) is 31.3 Å². The lowest BCUT2D eigenvalue weighted by Crippen LogP contribution is -2.24. The van der Waals surface area contributed by atoms with Crippen molar-refractivity contribution in [2.24, 2.45) is 0 Å². The predicted molar refractivity (Wildman–Crippen MR) is 90.3 cm³/mol. The van der Waals surface area contributed by atoms with Crippen LogP contribution < -0.4 is 0 Å². The zero-order valence-electron chi connectivity index (χ0n) is 12.3. The molecule has 0 saturated carbocycles. The van der Waals surface area contributed by atoms with Crippen molar-refractivity contribution in [1.29, 1.82) is 0 Å². The second kappa shape index (κ2) is 6.91. The van der Waals surface area contributed by atoms with Gasteiger partial charge in [-0.2, -0.15) is 0 Å². The highest BCUT2D eigenvalue weighted by Crippen LogP contribution is 2.35. The van der Waals surface area contributed by atoms with E-state index in [0.29, 0.717) is 18.6 Å². The fraction of sp³-hybridized carbons (Fsp3) is 0.444. The first-order chi connectivity index (χ1) is 10.3. The van der Waals surface area contributed by atoms with E-state index in [2.05, 4.69) is 58.4 Å². The molecule has 1 aliphatic rings. The maximum atomic E-state index is 6.20. The van der Waals surface area contributed by atoms with Gasteiger partial charge in [-0.3, -0.25) is 0 Å². The van der Waals surface area contributed by atoms with E-state index in [-0.39, 0.29) is 6.10 Å². The average molecular weight is 349 g/mol. The Bertz CT molecular complexity index is 593. The number of fused-ring (bicyclic) bond motifs is 1. The number of ether oxygens (including phenoxy) is 2. The standard InChI is InChI=1S/C18H21BrO2/c1-20-12-17(18-10-9-14(11-19)21-18)16-8-4-6-13-5-2-3-7-15(13)16/h2-8,14,17-18H,9-12H2,1H3. The average Bonchev–Trinajstić information content (AvgIpc) is 3.01. The molecular weight excluding hydrogens is 328 g/mol. The second-order valence-corrected chi connectivity index (χ2v) is 6.31. The number of methoxy groups -OCH3 is 1. The minimum Gasteiger partial charge on any atom is -0.384 e. The number of halogens is 1. The molecule has 2 nitrogen and oxygen atoms in total. The van der Waals surface area contributed by atoms with Gasteiger partial charge in [-0.25, -0.2) is 0 Å². The maximum Gasteiger partial charge on any atom is 0.0676 e. The van der Waals surface area contributed by atoms with Crippen LogP contribution in [0.2, 0.25) is 0 Å². The van der Waals surface area contributed by atoms with Gasteiger partial charge in [-0.15, -0.1) is 0 Å². The van der Waals surface area contributed by atoms with E-state index < -0.39 is 0 Å². The molecule has 3 atom stereocenters. The molecule has 0 bridgehead atoms. The van der Waals surface area contributed by atoms with Crippen LogP contribution in [0.25, 0.3) is 10.8 Å². The Hall–Kier alpha value is -0.900. The third-order valence-electron chi connectivity index (χ3n) is 4.33. The molecule has 0 spiro atoms. The summed E-state index contributed by atoms with van der Waals surface area (Å²) >= 11 is 3.53. The van der Waals surface area contributed by atoms with E-state index in [0.717, 1.165) is 18.2 Å². The van der Waals surface area contributed by atoms with Crippen molar-refractivity contribution >= 4 is 26.7 Å². The summed E-state index contributed by atoms with van der Waals surface area (Å²) in [5.41, 5.74) is 1.34. The number of alkyl halides is 1. The summed E-state index contributed by atoms with van der Waals surface area (Å²) in [7, 11) is 1.77. The Morgan fingerprint density at radius 2 is 2.00 bits per heavy atom. The van der Waals surface area contributed by atoms with Crippen LogP contribution in [0.5, 0.6) is 0 Å². The quantitative estimate of drug-likeness (QED) is 0.740. The molecule has 2 aromatic rings. The number of benzene rings is 2. The van der Waals surface area contributed by atoms with Crippen molar-refractivity contribution in [2.45, 2.75) is 31.0 Å². The molecule has 3 heteroatoms. The Morgan fingerprint density at radius 3 is 2.76 bits per heavy atom. The second-order valence-electron chi connectivity index (χ2n) is 5.66. The van der Waals surface area contributed by atoms with Gasteiger partial charge in [0.2, 0.25) is 0 Å². The van der Waals surface area contributed by atoms with E-state index >= 15 is 0 Å². The summed E-state index contributed by atoms with van der Waals surface area (Å²) in [6.07, 6.45) is 2.82. The highest BCUT2D eigenvalue weighted by Gasteiger charge is 2.32. The highest BCUT2D eigenvalue weighted by atomic mass is 79.9. The molecule has 0 radical (unpaired) electrons. The third kappa shape index (κ3) is 3.15. The van der Waals surface area contributed by atoms with Gasteiger partial charge in [0.25, 0.3) is 0 Å². The molecule has 2 aromatic carbocycles. The summed E-state index contributed by atoms with van der Waals surface area (Å²) in [4.78, 5) is 0. The van der Waals surface area contributed by atoms with Crippen LogP contribution in [0, 0.1) is 0 Å². The topological polar surface area (TPSA) is 18.5 Å². The van der Waals surface area contributed by atoms with Crippen molar-refractivity contribution in [3.63, 3.8) is 0 Å². The first kappa shape index (κ1) is 15.0. The Balaban J connectivity index is 1.96. The minimum absolute atomic E-state index is 0.248. The molecule has 1 heterocycles.